The van der Waals surface area contributed by atoms with Crippen LogP contribution in [0.3, 0.4) is 0 Å². The van der Waals surface area contributed by atoms with Crippen LogP contribution in [-0.2, 0) is 16.8 Å². The fourth-order valence-electron chi connectivity index (χ4n) is 4.20. The highest BCUT2D eigenvalue weighted by atomic mass is 35.5. The van der Waals surface area contributed by atoms with Gasteiger partial charge < -0.3 is 15.5 Å². The van der Waals surface area contributed by atoms with Crippen molar-refractivity contribution in [3.8, 4) is 5.69 Å². The maximum atomic E-state index is 13.5. The first-order chi connectivity index (χ1) is 18.5. The molecule has 202 valence electrons. The zero-order valence-electron chi connectivity index (χ0n) is 23.0. The van der Waals surface area contributed by atoms with Gasteiger partial charge in [0.25, 0.3) is 0 Å². The van der Waals surface area contributed by atoms with Crippen LogP contribution in [0.15, 0.2) is 78.9 Å². The Bertz CT molecular complexity index is 1450. The Morgan fingerprint density at radius 3 is 2.18 bits per heavy atom. The molecule has 0 aliphatic carbocycles. The van der Waals surface area contributed by atoms with Crippen molar-refractivity contribution in [2.24, 2.45) is 0 Å². The average Bonchev–Trinajstić information content (AvgIpc) is 3.30. The van der Waals surface area contributed by atoms with Gasteiger partial charge in [-0.2, -0.15) is 5.10 Å². The maximum Gasteiger partial charge on any atom is 0.322 e. The minimum atomic E-state index is -0.360. The Hall–Kier alpha value is -4.10. The van der Waals surface area contributed by atoms with Gasteiger partial charge in [0.1, 0.15) is 12.4 Å². The molecule has 0 radical (unpaired) electrons. The Labute approximate surface area is 234 Å². The van der Waals surface area contributed by atoms with Gasteiger partial charge in [-0.1, -0.05) is 93.0 Å². The third kappa shape index (κ3) is 6.86. The first-order valence-corrected chi connectivity index (χ1v) is 13.2. The molecule has 8 heteroatoms. The summed E-state index contributed by atoms with van der Waals surface area (Å²) >= 11 is 6.47. The van der Waals surface area contributed by atoms with Crippen molar-refractivity contribution < 1.29 is 9.59 Å². The van der Waals surface area contributed by atoms with E-state index in [1.54, 1.807) is 10.7 Å². The number of para-hydroxylation sites is 2. The molecule has 1 heterocycles. The molecular weight excluding hydrogens is 510 g/mol. The second-order valence-corrected chi connectivity index (χ2v) is 11.0. The molecule has 0 saturated carbocycles. The fourth-order valence-corrected chi connectivity index (χ4v) is 4.42. The van der Waals surface area contributed by atoms with E-state index in [0.29, 0.717) is 16.5 Å². The first kappa shape index (κ1) is 27.9. The summed E-state index contributed by atoms with van der Waals surface area (Å²) in [6.45, 7) is 10.2. The van der Waals surface area contributed by atoms with Gasteiger partial charge in [-0.15, -0.1) is 0 Å². The molecule has 0 bridgehead atoms. The average molecular weight is 544 g/mol. The molecule has 0 aliphatic heterocycles. The zero-order chi connectivity index (χ0) is 28.2. The monoisotopic (exact) mass is 543 g/mol. The number of urea groups is 1. The van der Waals surface area contributed by atoms with Crippen molar-refractivity contribution >= 4 is 35.0 Å². The smallest absolute Gasteiger partial charge is 0.311 e. The lowest BCUT2D eigenvalue weighted by Crippen LogP contribution is -2.40. The number of carbonyl (C=O) groups is 2. The molecule has 7 nitrogen and oxygen atoms in total. The quantitative estimate of drug-likeness (QED) is 0.260. The molecule has 3 amide bonds. The number of amides is 3. The third-order valence-electron chi connectivity index (χ3n) is 6.38. The molecule has 0 unspecified atom stereocenters. The van der Waals surface area contributed by atoms with E-state index in [1.165, 1.54) is 4.90 Å². The first-order valence-electron chi connectivity index (χ1n) is 12.8. The number of halogens is 1. The third-order valence-corrected chi connectivity index (χ3v) is 6.70. The van der Waals surface area contributed by atoms with Gasteiger partial charge in [0.2, 0.25) is 5.91 Å². The standard InChI is InChI=1S/C31H34ClN5O2/c1-21-12-11-13-22(2)29(21)34-30(39)36(19-23-14-7-6-8-15-23)20-28(38)33-27-18-26(31(3,4)5)35-37(27)25-17-10-9-16-24(25)32/h6-18H,19-20H2,1-5H3,(H,33,38)(H,34,39). The summed E-state index contributed by atoms with van der Waals surface area (Å²) in [5.41, 5.74) is 4.75. The van der Waals surface area contributed by atoms with Crippen LogP contribution < -0.4 is 10.6 Å². The largest absolute Gasteiger partial charge is 0.322 e. The molecule has 4 rings (SSSR count). The van der Waals surface area contributed by atoms with E-state index in [1.807, 2.05) is 86.6 Å². The number of hydrogen-bond donors (Lipinski definition) is 2. The summed E-state index contributed by atoms with van der Waals surface area (Å²) in [5, 5.41) is 11.2. The Morgan fingerprint density at radius 1 is 0.897 bits per heavy atom. The summed E-state index contributed by atoms with van der Waals surface area (Å²) in [4.78, 5) is 28.4. The lowest BCUT2D eigenvalue weighted by molar-refractivity contribution is -0.116. The van der Waals surface area contributed by atoms with Gasteiger partial charge in [0.05, 0.1) is 16.4 Å². The van der Waals surface area contributed by atoms with Crippen LogP contribution in [0, 0.1) is 13.8 Å². The van der Waals surface area contributed by atoms with Gasteiger partial charge in [-0.05, 0) is 42.7 Å². The van der Waals surface area contributed by atoms with Crippen LogP contribution in [0.5, 0.6) is 0 Å². The predicted octanol–water partition coefficient (Wildman–Crippen LogP) is 7.11. The number of benzene rings is 3. The van der Waals surface area contributed by atoms with Gasteiger partial charge in [-0.25, -0.2) is 9.48 Å². The molecule has 2 N–H and O–H groups in total. The Balaban J connectivity index is 1.61. The molecule has 39 heavy (non-hydrogen) atoms. The molecular formula is C31H34ClN5O2. The summed E-state index contributed by atoms with van der Waals surface area (Å²) < 4.78 is 1.64. The number of anilines is 2. The van der Waals surface area contributed by atoms with Crippen molar-refractivity contribution in [1.29, 1.82) is 0 Å². The second kappa shape index (κ2) is 11.7. The number of aryl methyl sites for hydroxylation is 2. The molecule has 4 aromatic rings. The summed E-state index contributed by atoms with van der Waals surface area (Å²) in [6, 6.07) is 24.2. The lowest BCUT2D eigenvalue weighted by atomic mass is 9.92. The number of aromatic nitrogens is 2. The van der Waals surface area contributed by atoms with E-state index >= 15 is 0 Å². The molecule has 1 aromatic heterocycles. The van der Waals surface area contributed by atoms with E-state index < -0.39 is 0 Å². The van der Waals surface area contributed by atoms with Gasteiger partial charge in [0.15, 0.2) is 0 Å². The van der Waals surface area contributed by atoms with Crippen LogP contribution in [0.1, 0.15) is 43.2 Å². The summed E-state index contributed by atoms with van der Waals surface area (Å²) in [5.74, 6) is 0.129. The van der Waals surface area contributed by atoms with E-state index in [9.17, 15) is 9.59 Å². The molecule has 0 saturated heterocycles. The Morgan fingerprint density at radius 2 is 1.54 bits per heavy atom. The Kier molecular flexibility index (Phi) is 8.41. The minimum Gasteiger partial charge on any atom is -0.311 e. The minimum absolute atomic E-state index is 0.162. The van der Waals surface area contributed by atoms with Gasteiger partial charge in [0, 0.05) is 23.7 Å². The van der Waals surface area contributed by atoms with E-state index in [-0.39, 0.29) is 30.4 Å². The summed E-state index contributed by atoms with van der Waals surface area (Å²) in [6.07, 6.45) is 0. The highest BCUT2D eigenvalue weighted by Crippen LogP contribution is 2.29. The van der Waals surface area contributed by atoms with Crippen molar-refractivity contribution in [2.45, 2.75) is 46.6 Å². The van der Waals surface area contributed by atoms with E-state index in [4.69, 9.17) is 16.7 Å². The lowest BCUT2D eigenvalue weighted by Gasteiger charge is -2.24. The van der Waals surface area contributed by atoms with Crippen molar-refractivity contribution in [2.75, 3.05) is 17.2 Å². The topological polar surface area (TPSA) is 79.3 Å². The molecule has 0 fully saturated rings. The van der Waals surface area contributed by atoms with Crippen molar-refractivity contribution in [1.82, 2.24) is 14.7 Å². The highest BCUT2D eigenvalue weighted by molar-refractivity contribution is 6.32. The number of hydrogen-bond acceptors (Lipinski definition) is 3. The van der Waals surface area contributed by atoms with Crippen LogP contribution in [0.2, 0.25) is 5.02 Å². The van der Waals surface area contributed by atoms with Gasteiger partial charge >= 0.3 is 6.03 Å². The maximum absolute atomic E-state index is 13.5. The number of carbonyl (C=O) groups excluding carboxylic acids is 2. The fraction of sp³-hybridized carbons (Fsp3) is 0.258. The summed E-state index contributed by atoms with van der Waals surface area (Å²) in [7, 11) is 0. The van der Waals surface area contributed by atoms with Crippen LogP contribution in [0.4, 0.5) is 16.3 Å². The number of nitrogens with zero attached hydrogens (tertiary/aromatic N) is 3. The predicted molar refractivity (Wildman–Crippen MR) is 158 cm³/mol. The van der Waals surface area contributed by atoms with Crippen molar-refractivity contribution in [3.05, 3.63) is 106 Å². The second-order valence-electron chi connectivity index (χ2n) is 10.6. The molecule has 0 aliphatic rings. The van der Waals surface area contributed by atoms with Crippen LogP contribution in [-0.4, -0.2) is 33.2 Å². The molecule has 0 spiro atoms. The number of rotatable bonds is 7. The van der Waals surface area contributed by atoms with Crippen LogP contribution >= 0.6 is 11.6 Å². The highest BCUT2D eigenvalue weighted by Gasteiger charge is 2.24. The van der Waals surface area contributed by atoms with Crippen molar-refractivity contribution in [3.63, 3.8) is 0 Å². The van der Waals surface area contributed by atoms with Gasteiger partial charge in [-0.3, -0.25) is 4.79 Å². The molecule has 0 atom stereocenters. The van der Waals surface area contributed by atoms with E-state index in [0.717, 1.165) is 28.1 Å². The normalized spacial score (nSPS) is 11.2. The molecule has 3 aromatic carbocycles. The number of nitrogens with one attached hydrogen (secondary N) is 2. The van der Waals surface area contributed by atoms with Crippen LogP contribution in [0.25, 0.3) is 5.69 Å². The van der Waals surface area contributed by atoms with E-state index in [2.05, 4.69) is 31.4 Å². The SMILES string of the molecule is Cc1cccc(C)c1NC(=O)N(CC(=O)Nc1cc(C(C)(C)C)nn1-c1ccccc1Cl)Cc1ccccc1. The zero-order valence-corrected chi connectivity index (χ0v) is 23.7.